The van der Waals surface area contributed by atoms with Crippen LogP contribution in [0.3, 0.4) is 0 Å². The Kier molecular flexibility index (Phi) is 4.24. The third-order valence-corrected chi connectivity index (χ3v) is 4.86. The van der Waals surface area contributed by atoms with Crippen LogP contribution in [0.15, 0.2) is 0 Å². The molecule has 3 heteroatoms. The van der Waals surface area contributed by atoms with Crippen molar-refractivity contribution in [3.8, 4) is 0 Å². The van der Waals surface area contributed by atoms with E-state index in [-0.39, 0.29) is 12.2 Å². The summed E-state index contributed by atoms with van der Waals surface area (Å²) in [5.41, 5.74) is 0.400. The Labute approximate surface area is 118 Å². The van der Waals surface area contributed by atoms with Crippen LogP contribution < -0.4 is 5.32 Å². The summed E-state index contributed by atoms with van der Waals surface area (Å²) in [6.07, 6.45) is 4.93. The molecule has 1 N–H and O–H groups in total. The Morgan fingerprint density at radius 3 is 2.47 bits per heavy atom. The zero-order chi connectivity index (χ0) is 14.2. The highest BCUT2D eigenvalue weighted by atomic mass is 16.2. The molecule has 0 radical (unpaired) electrons. The number of carbonyl (C=O) groups excluding carboxylic acids is 1. The Morgan fingerprint density at radius 2 is 2.00 bits per heavy atom. The molecule has 0 spiro atoms. The molecule has 3 atom stereocenters. The molecule has 110 valence electrons. The zero-order valence-corrected chi connectivity index (χ0v) is 13.2. The summed E-state index contributed by atoms with van der Waals surface area (Å²) in [4.78, 5) is 14.8. The third kappa shape index (κ3) is 3.31. The normalized spacial score (nSPS) is 31.1. The predicted molar refractivity (Wildman–Crippen MR) is 78.7 cm³/mol. The maximum Gasteiger partial charge on any atom is 0.241 e. The molecule has 1 heterocycles. The SMILES string of the molecule is CCC(C)C1NC(CC(C)C)N(CC2(C)CC2)C1=O. The minimum Gasteiger partial charge on any atom is -0.325 e. The molecule has 3 nitrogen and oxygen atoms in total. The first kappa shape index (κ1) is 14.8. The van der Waals surface area contributed by atoms with E-state index in [1.807, 2.05) is 0 Å². The first-order valence-electron chi connectivity index (χ1n) is 7.93. The van der Waals surface area contributed by atoms with Crippen LogP contribution >= 0.6 is 0 Å². The minimum atomic E-state index is 0.0381. The summed E-state index contributed by atoms with van der Waals surface area (Å²) in [5.74, 6) is 1.39. The maximum absolute atomic E-state index is 12.7. The van der Waals surface area contributed by atoms with Crippen LogP contribution in [0.2, 0.25) is 0 Å². The summed E-state index contributed by atoms with van der Waals surface area (Å²) >= 11 is 0. The molecule has 3 unspecified atom stereocenters. The maximum atomic E-state index is 12.7. The fourth-order valence-corrected chi connectivity index (χ4v) is 2.96. The molecular weight excluding hydrogens is 236 g/mol. The highest BCUT2D eigenvalue weighted by Crippen LogP contribution is 2.46. The summed E-state index contributed by atoms with van der Waals surface area (Å²) in [7, 11) is 0. The van der Waals surface area contributed by atoms with Crippen LogP contribution in [0, 0.1) is 17.3 Å². The van der Waals surface area contributed by atoms with Gasteiger partial charge >= 0.3 is 0 Å². The van der Waals surface area contributed by atoms with Crippen molar-refractivity contribution in [1.82, 2.24) is 10.2 Å². The van der Waals surface area contributed by atoms with Gasteiger partial charge < -0.3 is 4.90 Å². The van der Waals surface area contributed by atoms with E-state index in [0.29, 0.717) is 23.2 Å². The summed E-state index contributed by atoms with van der Waals surface area (Å²) in [6, 6.07) is 0.0381. The van der Waals surface area contributed by atoms with Gasteiger partial charge in [-0.1, -0.05) is 41.0 Å². The van der Waals surface area contributed by atoms with Crippen LogP contribution in [0.25, 0.3) is 0 Å². The molecule has 0 aromatic carbocycles. The van der Waals surface area contributed by atoms with Gasteiger partial charge in [0.2, 0.25) is 5.91 Å². The predicted octanol–water partition coefficient (Wildman–Crippen LogP) is 3.01. The van der Waals surface area contributed by atoms with Crippen molar-refractivity contribution in [2.24, 2.45) is 17.3 Å². The first-order chi connectivity index (χ1) is 8.86. The van der Waals surface area contributed by atoms with Crippen LogP contribution in [0.4, 0.5) is 0 Å². The van der Waals surface area contributed by atoms with Crippen LogP contribution in [0.5, 0.6) is 0 Å². The fourth-order valence-electron chi connectivity index (χ4n) is 2.96. The van der Waals surface area contributed by atoms with E-state index in [1.165, 1.54) is 12.8 Å². The van der Waals surface area contributed by atoms with Gasteiger partial charge in [0.1, 0.15) is 0 Å². The van der Waals surface area contributed by atoms with E-state index in [0.717, 1.165) is 19.4 Å². The molecular formula is C16H30N2O. The molecule has 2 aliphatic rings. The van der Waals surface area contributed by atoms with Gasteiger partial charge in [-0.3, -0.25) is 10.1 Å². The standard InChI is InChI=1S/C16H30N2O/c1-6-12(4)14-15(19)18(10-16(5)7-8-16)13(17-14)9-11(2)3/h11-14,17H,6-10H2,1-5H3. The number of nitrogens with one attached hydrogen (secondary N) is 1. The Bertz CT molecular complexity index is 336. The summed E-state index contributed by atoms with van der Waals surface area (Å²) < 4.78 is 0. The Hall–Kier alpha value is -0.570. The number of hydrogen-bond donors (Lipinski definition) is 1. The number of hydrogen-bond acceptors (Lipinski definition) is 2. The summed E-state index contributed by atoms with van der Waals surface area (Å²) in [6.45, 7) is 12.1. The van der Waals surface area contributed by atoms with Crippen molar-refractivity contribution in [3.63, 3.8) is 0 Å². The number of carbonyl (C=O) groups is 1. The molecule has 0 aromatic heterocycles. The van der Waals surface area contributed by atoms with Gasteiger partial charge in [-0.15, -0.1) is 0 Å². The van der Waals surface area contributed by atoms with Crippen molar-refractivity contribution < 1.29 is 4.79 Å². The average Bonchev–Trinajstić information content (AvgIpc) is 3.00. The van der Waals surface area contributed by atoms with Gasteiger partial charge in [-0.05, 0) is 36.5 Å². The lowest BCUT2D eigenvalue weighted by molar-refractivity contribution is -0.131. The van der Waals surface area contributed by atoms with Gasteiger partial charge in [0.25, 0.3) is 0 Å². The molecule has 0 bridgehead atoms. The van der Waals surface area contributed by atoms with Crippen LogP contribution in [-0.2, 0) is 4.79 Å². The minimum absolute atomic E-state index is 0.0381. The second-order valence-corrected chi connectivity index (χ2v) is 7.45. The highest BCUT2D eigenvalue weighted by Gasteiger charge is 2.47. The number of amides is 1. The second-order valence-electron chi connectivity index (χ2n) is 7.45. The molecule has 19 heavy (non-hydrogen) atoms. The van der Waals surface area contributed by atoms with Crippen molar-refractivity contribution in [2.45, 2.75) is 72.5 Å². The van der Waals surface area contributed by atoms with Gasteiger partial charge in [0.15, 0.2) is 0 Å². The second kappa shape index (κ2) is 5.43. The lowest BCUT2D eigenvalue weighted by Crippen LogP contribution is -2.41. The van der Waals surface area contributed by atoms with Crippen molar-refractivity contribution in [1.29, 1.82) is 0 Å². The number of rotatable bonds is 6. The van der Waals surface area contributed by atoms with Gasteiger partial charge in [0.05, 0.1) is 12.2 Å². The lowest BCUT2D eigenvalue weighted by Gasteiger charge is -2.28. The van der Waals surface area contributed by atoms with E-state index < -0.39 is 0 Å². The zero-order valence-electron chi connectivity index (χ0n) is 13.2. The van der Waals surface area contributed by atoms with Crippen molar-refractivity contribution in [3.05, 3.63) is 0 Å². The molecule has 1 aliphatic carbocycles. The monoisotopic (exact) mass is 266 g/mol. The molecule has 0 aromatic rings. The third-order valence-electron chi connectivity index (χ3n) is 4.86. The fraction of sp³-hybridized carbons (Fsp3) is 0.938. The Balaban J connectivity index is 2.08. The molecule has 2 rings (SSSR count). The van der Waals surface area contributed by atoms with Gasteiger partial charge in [0, 0.05) is 6.54 Å². The van der Waals surface area contributed by atoms with Crippen molar-refractivity contribution in [2.75, 3.05) is 6.54 Å². The van der Waals surface area contributed by atoms with E-state index in [9.17, 15) is 4.79 Å². The largest absolute Gasteiger partial charge is 0.325 e. The quantitative estimate of drug-likeness (QED) is 0.801. The first-order valence-corrected chi connectivity index (χ1v) is 7.93. The highest BCUT2D eigenvalue weighted by molar-refractivity contribution is 5.84. The average molecular weight is 266 g/mol. The molecule has 1 saturated carbocycles. The van der Waals surface area contributed by atoms with E-state index in [1.54, 1.807) is 0 Å². The molecule has 2 fully saturated rings. The van der Waals surface area contributed by atoms with Crippen LogP contribution in [0.1, 0.15) is 60.3 Å². The van der Waals surface area contributed by atoms with Crippen molar-refractivity contribution >= 4 is 5.91 Å². The summed E-state index contributed by atoms with van der Waals surface area (Å²) in [5, 5.41) is 3.60. The lowest BCUT2D eigenvalue weighted by atomic mass is 9.99. The topological polar surface area (TPSA) is 32.3 Å². The van der Waals surface area contributed by atoms with E-state index in [4.69, 9.17) is 0 Å². The Morgan fingerprint density at radius 1 is 1.37 bits per heavy atom. The molecule has 1 aliphatic heterocycles. The van der Waals surface area contributed by atoms with E-state index >= 15 is 0 Å². The molecule has 1 amide bonds. The van der Waals surface area contributed by atoms with E-state index in [2.05, 4.69) is 44.8 Å². The van der Waals surface area contributed by atoms with Crippen LogP contribution in [-0.4, -0.2) is 29.6 Å². The van der Waals surface area contributed by atoms with Gasteiger partial charge in [-0.25, -0.2) is 0 Å². The number of nitrogens with zero attached hydrogens (tertiary/aromatic N) is 1. The molecule has 1 saturated heterocycles. The smallest absolute Gasteiger partial charge is 0.241 e. The van der Waals surface area contributed by atoms with Gasteiger partial charge in [-0.2, -0.15) is 0 Å².